The Morgan fingerprint density at radius 2 is 1.88 bits per heavy atom. The third-order valence-electron chi connectivity index (χ3n) is 5.05. The van der Waals surface area contributed by atoms with Gasteiger partial charge >= 0.3 is 5.97 Å². The van der Waals surface area contributed by atoms with Crippen LogP contribution in [0.1, 0.15) is 53.4 Å². The van der Waals surface area contributed by atoms with Crippen molar-refractivity contribution in [1.82, 2.24) is 0 Å². The van der Waals surface area contributed by atoms with Crippen molar-refractivity contribution in [3.63, 3.8) is 0 Å². The topological polar surface area (TPSA) is 57.5 Å². The molecule has 3 atom stereocenters. The summed E-state index contributed by atoms with van der Waals surface area (Å²) in [7, 11) is 0. The SMILES string of the molecule is CC1(C)[C@@H]2CC[C@]1(C)[C@@H](O)C2.CCC(=O)O. The van der Waals surface area contributed by atoms with E-state index in [0.717, 1.165) is 12.3 Å². The van der Waals surface area contributed by atoms with Gasteiger partial charge in [-0.2, -0.15) is 0 Å². The molecule has 0 radical (unpaired) electrons. The van der Waals surface area contributed by atoms with Crippen LogP contribution in [-0.4, -0.2) is 22.3 Å². The molecule has 0 unspecified atom stereocenters. The molecule has 2 rings (SSSR count). The molecule has 0 saturated heterocycles. The van der Waals surface area contributed by atoms with E-state index in [2.05, 4.69) is 20.8 Å². The molecular weight excluding hydrogens is 204 g/mol. The van der Waals surface area contributed by atoms with Crippen molar-refractivity contribution in [2.45, 2.75) is 59.5 Å². The summed E-state index contributed by atoms with van der Waals surface area (Å²) < 4.78 is 0. The minimum Gasteiger partial charge on any atom is -0.481 e. The molecule has 3 heteroatoms. The molecule has 0 amide bonds. The predicted molar refractivity (Wildman–Crippen MR) is 63.2 cm³/mol. The number of rotatable bonds is 1. The zero-order chi connectivity index (χ0) is 12.6. The lowest BCUT2D eigenvalue weighted by Crippen LogP contribution is -2.35. The summed E-state index contributed by atoms with van der Waals surface area (Å²) in [4.78, 5) is 9.37. The molecular formula is C13H24O3. The van der Waals surface area contributed by atoms with Gasteiger partial charge in [-0.15, -0.1) is 0 Å². The van der Waals surface area contributed by atoms with Crippen molar-refractivity contribution in [1.29, 1.82) is 0 Å². The molecule has 2 saturated carbocycles. The number of carbonyl (C=O) groups is 1. The summed E-state index contributed by atoms with van der Waals surface area (Å²) in [5, 5.41) is 17.5. The van der Waals surface area contributed by atoms with Crippen molar-refractivity contribution in [3.8, 4) is 0 Å². The molecule has 0 aromatic rings. The molecule has 3 nitrogen and oxygen atoms in total. The van der Waals surface area contributed by atoms with E-state index < -0.39 is 5.97 Å². The van der Waals surface area contributed by atoms with Gasteiger partial charge in [0.2, 0.25) is 0 Å². The second-order valence-corrected chi connectivity index (χ2v) is 5.87. The first kappa shape index (κ1) is 13.5. The van der Waals surface area contributed by atoms with Crippen molar-refractivity contribution in [2.75, 3.05) is 0 Å². The van der Waals surface area contributed by atoms with Gasteiger partial charge in [0.25, 0.3) is 0 Å². The Bertz CT molecular complexity index is 272. The zero-order valence-electron chi connectivity index (χ0n) is 10.8. The van der Waals surface area contributed by atoms with Crippen molar-refractivity contribution >= 4 is 5.97 Å². The predicted octanol–water partition coefficient (Wildman–Crippen LogP) is 2.67. The van der Waals surface area contributed by atoms with Crippen LogP contribution in [0.3, 0.4) is 0 Å². The van der Waals surface area contributed by atoms with Crippen molar-refractivity contribution in [3.05, 3.63) is 0 Å². The molecule has 2 bridgehead atoms. The molecule has 0 spiro atoms. The summed E-state index contributed by atoms with van der Waals surface area (Å²) in [6, 6.07) is 0. The van der Waals surface area contributed by atoms with Crippen LogP contribution in [0.4, 0.5) is 0 Å². The minimum atomic E-state index is -0.745. The summed E-state index contributed by atoms with van der Waals surface area (Å²) in [6.45, 7) is 8.49. The van der Waals surface area contributed by atoms with Crippen LogP contribution in [0.25, 0.3) is 0 Å². The molecule has 0 aliphatic heterocycles. The average Bonchev–Trinajstić information content (AvgIpc) is 2.51. The third kappa shape index (κ3) is 1.97. The number of carboxylic acid groups (broad SMARTS) is 1. The molecule has 94 valence electrons. The maximum absolute atomic E-state index is 9.81. The van der Waals surface area contributed by atoms with E-state index in [0.29, 0.717) is 5.41 Å². The van der Waals surface area contributed by atoms with Gasteiger partial charge < -0.3 is 10.2 Å². The van der Waals surface area contributed by atoms with Crippen LogP contribution in [0.15, 0.2) is 0 Å². The van der Waals surface area contributed by atoms with Gasteiger partial charge in [-0.3, -0.25) is 4.79 Å². The first-order valence-electron chi connectivity index (χ1n) is 6.15. The van der Waals surface area contributed by atoms with Gasteiger partial charge in [-0.25, -0.2) is 0 Å². The number of hydrogen-bond acceptors (Lipinski definition) is 2. The normalized spacial score (nSPS) is 39.1. The van der Waals surface area contributed by atoms with Crippen LogP contribution in [-0.2, 0) is 4.79 Å². The highest BCUT2D eigenvalue weighted by atomic mass is 16.4. The highest BCUT2D eigenvalue weighted by Gasteiger charge is 2.60. The number of hydrogen-bond donors (Lipinski definition) is 2. The van der Waals surface area contributed by atoms with Crippen LogP contribution in [0.5, 0.6) is 0 Å². The fourth-order valence-corrected chi connectivity index (χ4v) is 3.16. The van der Waals surface area contributed by atoms with E-state index in [1.807, 2.05) is 0 Å². The first-order chi connectivity index (χ1) is 7.25. The number of aliphatic carboxylic acids is 1. The highest BCUT2D eigenvalue weighted by Crippen LogP contribution is 2.65. The van der Waals surface area contributed by atoms with Crippen molar-refractivity contribution < 1.29 is 15.0 Å². The Morgan fingerprint density at radius 3 is 2.00 bits per heavy atom. The van der Waals surface area contributed by atoms with Gasteiger partial charge in [-0.05, 0) is 36.0 Å². The number of fused-ring (bicyclic) bond motifs is 2. The smallest absolute Gasteiger partial charge is 0.303 e. The molecule has 2 aliphatic carbocycles. The molecule has 2 aliphatic rings. The fourth-order valence-electron chi connectivity index (χ4n) is 3.16. The second kappa shape index (κ2) is 4.36. The first-order valence-corrected chi connectivity index (χ1v) is 6.15. The Kier molecular flexibility index (Phi) is 3.68. The molecule has 0 aromatic heterocycles. The average molecular weight is 228 g/mol. The Balaban J connectivity index is 0.000000221. The summed E-state index contributed by atoms with van der Waals surface area (Å²) in [5.74, 6) is 0.0347. The van der Waals surface area contributed by atoms with Crippen LogP contribution < -0.4 is 0 Å². The molecule has 0 heterocycles. The van der Waals surface area contributed by atoms with Gasteiger partial charge in [-0.1, -0.05) is 27.7 Å². The van der Waals surface area contributed by atoms with Crippen LogP contribution >= 0.6 is 0 Å². The van der Waals surface area contributed by atoms with E-state index in [9.17, 15) is 9.90 Å². The van der Waals surface area contributed by atoms with Gasteiger partial charge in [0.1, 0.15) is 0 Å². The fraction of sp³-hybridized carbons (Fsp3) is 0.923. The lowest BCUT2D eigenvalue weighted by Gasteiger charge is -2.36. The monoisotopic (exact) mass is 228 g/mol. The van der Waals surface area contributed by atoms with Gasteiger partial charge in [0.05, 0.1) is 6.10 Å². The van der Waals surface area contributed by atoms with Gasteiger partial charge in [0.15, 0.2) is 0 Å². The maximum atomic E-state index is 9.81. The molecule has 2 N–H and O–H groups in total. The lowest BCUT2D eigenvalue weighted by atomic mass is 9.70. The van der Waals surface area contributed by atoms with E-state index in [1.165, 1.54) is 12.8 Å². The lowest BCUT2D eigenvalue weighted by molar-refractivity contribution is -0.136. The molecule has 2 fully saturated rings. The Morgan fingerprint density at radius 1 is 1.38 bits per heavy atom. The summed E-state index contributed by atoms with van der Waals surface area (Å²) >= 11 is 0. The van der Waals surface area contributed by atoms with E-state index in [1.54, 1.807) is 6.92 Å². The summed E-state index contributed by atoms with van der Waals surface area (Å²) in [5.41, 5.74) is 0.601. The number of carboxylic acids is 1. The standard InChI is InChI=1S/C10H18O.C3H6O2/c1-9(2)7-4-5-10(9,3)8(11)6-7;1-2-3(4)5/h7-8,11H,4-6H2,1-3H3;2H2,1H3,(H,4,5)/t7-,8+,10-;/m1./s1. The molecule has 0 aromatic carbocycles. The quantitative estimate of drug-likeness (QED) is 0.725. The molecule has 16 heavy (non-hydrogen) atoms. The van der Waals surface area contributed by atoms with E-state index >= 15 is 0 Å². The van der Waals surface area contributed by atoms with Crippen molar-refractivity contribution in [2.24, 2.45) is 16.7 Å². The van der Waals surface area contributed by atoms with Crippen LogP contribution in [0.2, 0.25) is 0 Å². The van der Waals surface area contributed by atoms with E-state index in [-0.39, 0.29) is 17.9 Å². The highest BCUT2D eigenvalue weighted by molar-refractivity contribution is 5.66. The third-order valence-corrected chi connectivity index (χ3v) is 5.05. The van der Waals surface area contributed by atoms with E-state index in [4.69, 9.17) is 5.11 Å². The zero-order valence-corrected chi connectivity index (χ0v) is 10.8. The minimum absolute atomic E-state index is 0.0313. The van der Waals surface area contributed by atoms with Crippen LogP contribution in [0, 0.1) is 16.7 Å². The number of aliphatic hydroxyl groups is 1. The summed E-state index contributed by atoms with van der Waals surface area (Å²) in [6.07, 6.45) is 3.80. The Labute approximate surface area is 97.9 Å². The second-order valence-electron chi connectivity index (χ2n) is 5.87. The largest absolute Gasteiger partial charge is 0.481 e. The maximum Gasteiger partial charge on any atom is 0.303 e. The number of aliphatic hydroxyl groups excluding tert-OH is 1. The Hall–Kier alpha value is -0.570. The van der Waals surface area contributed by atoms with Gasteiger partial charge in [0, 0.05) is 6.42 Å².